The van der Waals surface area contributed by atoms with Gasteiger partial charge in [-0.3, -0.25) is 4.48 Å². The molecule has 0 aromatic heterocycles. The third-order valence-corrected chi connectivity index (χ3v) is 3.92. The van der Waals surface area contributed by atoms with Crippen LogP contribution in [-0.2, 0) is 6.54 Å². The van der Waals surface area contributed by atoms with Crippen molar-refractivity contribution in [2.24, 2.45) is 0 Å². The molecule has 0 bridgehead atoms. The number of rotatable bonds is 5. The molecule has 2 unspecified atom stereocenters. The summed E-state index contributed by atoms with van der Waals surface area (Å²) in [4.78, 5) is 0. The van der Waals surface area contributed by atoms with Gasteiger partial charge in [0.05, 0.1) is 20.0 Å². The molecule has 1 N–H and O–H groups in total. The molecule has 2 aromatic rings. The number of benzene rings is 2. The highest BCUT2D eigenvalue weighted by Crippen LogP contribution is 2.25. The van der Waals surface area contributed by atoms with Gasteiger partial charge in [0.25, 0.3) is 0 Å². The van der Waals surface area contributed by atoms with Crippen molar-refractivity contribution < 1.29 is 9.59 Å². The fraction of sp³-hybridized carbons (Fsp3) is 0.333. The van der Waals surface area contributed by atoms with Crippen molar-refractivity contribution in [1.82, 2.24) is 0 Å². The first-order chi connectivity index (χ1) is 9.50. The molecule has 0 aliphatic rings. The van der Waals surface area contributed by atoms with E-state index in [1.54, 1.807) is 0 Å². The van der Waals surface area contributed by atoms with Crippen molar-refractivity contribution in [1.29, 1.82) is 0 Å². The molecule has 0 amide bonds. The van der Waals surface area contributed by atoms with E-state index in [2.05, 4.69) is 45.3 Å². The Bertz CT molecular complexity index is 522. The van der Waals surface area contributed by atoms with Gasteiger partial charge in [-0.05, 0) is 5.56 Å². The molecule has 0 saturated heterocycles. The van der Waals surface area contributed by atoms with Gasteiger partial charge in [0.1, 0.15) is 6.54 Å². The number of hydrogen-bond donors (Lipinski definition) is 1. The summed E-state index contributed by atoms with van der Waals surface area (Å²) in [5.41, 5.74) is 2.43. The fourth-order valence-electron chi connectivity index (χ4n) is 2.68. The third kappa shape index (κ3) is 3.47. The minimum Gasteiger partial charge on any atom is -0.344 e. The van der Waals surface area contributed by atoms with Crippen molar-refractivity contribution in [2.45, 2.75) is 25.6 Å². The molecule has 0 saturated carbocycles. The summed E-state index contributed by atoms with van der Waals surface area (Å²) in [7, 11) is 4.16. The first-order valence-corrected chi connectivity index (χ1v) is 7.10. The highest BCUT2D eigenvalue weighted by molar-refractivity contribution is 5.19. The summed E-state index contributed by atoms with van der Waals surface area (Å²) >= 11 is 0. The molecule has 0 aliphatic carbocycles. The van der Waals surface area contributed by atoms with E-state index in [0.29, 0.717) is 4.48 Å². The summed E-state index contributed by atoms with van der Waals surface area (Å²) in [5, 5.41) is 10.7. The number of aliphatic hydroxyl groups excluding tert-OH is 1. The molecule has 0 fully saturated rings. The van der Waals surface area contributed by atoms with E-state index < -0.39 is 6.23 Å². The Labute approximate surface area is 121 Å². The second-order valence-electron chi connectivity index (χ2n) is 6.04. The molecular weight excluding hydrogens is 246 g/mol. The van der Waals surface area contributed by atoms with Crippen LogP contribution in [0.3, 0.4) is 0 Å². The van der Waals surface area contributed by atoms with Crippen LogP contribution in [0.5, 0.6) is 0 Å². The Morgan fingerprint density at radius 3 is 1.95 bits per heavy atom. The maximum Gasteiger partial charge on any atom is 0.197 e. The highest BCUT2D eigenvalue weighted by Gasteiger charge is 2.32. The van der Waals surface area contributed by atoms with Crippen LogP contribution < -0.4 is 0 Å². The number of quaternary nitrogens is 1. The first kappa shape index (κ1) is 14.8. The van der Waals surface area contributed by atoms with E-state index in [1.165, 1.54) is 11.1 Å². The molecule has 0 aliphatic heterocycles. The van der Waals surface area contributed by atoms with Crippen LogP contribution in [0.2, 0.25) is 0 Å². The predicted molar refractivity (Wildman–Crippen MR) is 83.1 cm³/mol. The average molecular weight is 270 g/mol. The Morgan fingerprint density at radius 1 is 0.900 bits per heavy atom. The third-order valence-electron chi connectivity index (χ3n) is 3.92. The van der Waals surface area contributed by atoms with Crippen LogP contribution in [-0.4, -0.2) is 29.9 Å². The van der Waals surface area contributed by atoms with Crippen molar-refractivity contribution in [2.75, 3.05) is 14.1 Å². The van der Waals surface area contributed by atoms with E-state index in [9.17, 15) is 5.11 Å². The summed E-state index contributed by atoms with van der Waals surface area (Å²) in [5.74, 6) is 0.106. The largest absolute Gasteiger partial charge is 0.344 e. The highest BCUT2D eigenvalue weighted by atomic mass is 16.3. The smallest absolute Gasteiger partial charge is 0.197 e. The minimum atomic E-state index is -0.433. The van der Waals surface area contributed by atoms with E-state index in [1.807, 2.05) is 36.4 Å². The lowest BCUT2D eigenvalue weighted by Gasteiger charge is -2.38. The van der Waals surface area contributed by atoms with Gasteiger partial charge in [-0.25, -0.2) is 0 Å². The molecule has 106 valence electrons. The van der Waals surface area contributed by atoms with Crippen LogP contribution in [0.4, 0.5) is 0 Å². The average Bonchev–Trinajstić information content (AvgIpc) is 2.47. The van der Waals surface area contributed by atoms with Crippen molar-refractivity contribution in [3.63, 3.8) is 0 Å². The first-order valence-electron chi connectivity index (χ1n) is 7.10. The number of aliphatic hydroxyl groups is 1. The van der Waals surface area contributed by atoms with Gasteiger partial charge in [-0.15, -0.1) is 0 Å². The molecule has 0 radical (unpaired) electrons. The molecule has 0 heterocycles. The zero-order valence-electron chi connectivity index (χ0n) is 12.5. The fourth-order valence-corrected chi connectivity index (χ4v) is 2.68. The lowest BCUT2D eigenvalue weighted by atomic mass is 9.97. The van der Waals surface area contributed by atoms with Gasteiger partial charge < -0.3 is 5.11 Å². The maximum absolute atomic E-state index is 10.7. The molecule has 2 nitrogen and oxygen atoms in total. The minimum absolute atomic E-state index is 0.106. The zero-order chi connectivity index (χ0) is 14.6. The standard InChI is InChI=1S/C18H24NO/c1-15(17-12-8-5-9-13-17)18(20)19(2,3)14-16-10-6-4-7-11-16/h4-13,15,18,20H,14H2,1-3H3/q+1. The molecule has 2 aromatic carbocycles. The molecule has 20 heavy (non-hydrogen) atoms. The van der Waals surface area contributed by atoms with Gasteiger partial charge in [0.15, 0.2) is 6.23 Å². The SMILES string of the molecule is CC(c1ccccc1)C(O)[N+](C)(C)Cc1ccccc1. The normalized spacial score (nSPS) is 14.8. The van der Waals surface area contributed by atoms with Crippen LogP contribution in [0.15, 0.2) is 60.7 Å². The molecule has 2 rings (SSSR count). The van der Waals surface area contributed by atoms with Crippen molar-refractivity contribution in [3.8, 4) is 0 Å². The Kier molecular flexibility index (Phi) is 4.58. The van der Waals surface area contributed by atoms with Crippen LogP contribution in [0, 0.1) is 0 Å². The lowest BCUT2D eigenvalue weighted by Crippen LogP contribution is -2.50. The number of likely N-dealkylation sites (N-methyl/N-ethyl adjacent to an activating group) is 1. The van der Waals surface area contributed by atoms with Gasteiger partial charge in [-0.1, -0.05) is 67.6 Å². The van der Waals surface area contributed by atoms with Crippen molar-refractivity contribution >= 4 is 0 Å². The predicted octanol–water partition coefficient (Wildman–Crippen LogP) is 3.39. The summed E-state index contributed by atoms with van der Waals surface area (Å²) in [6.45, 7) is 2.91. The van der Waals surface area contributed by atoms with E-state index in [4.69, 9.17) is 0 Å². The van der Waals surface area contributed by atoms with Crippen LogP contribution in [0.25, 0.3) is 0 Å². The van der Waals surface area contributed by atoms with E-state index in [-0.39, 0.29) is 5.92 Å². The second kappa shape index (κ2) is 6.21. The summed E-state index contributed by atoms with van der Waals surface area (Å²) in [6.07, 6.45) is -0.433. The van der Waals surface area contributed by atoms with E-state index >= 15 is 0 Å². The summed E-state index contributed by atoms with van der Waals surface area (Å²) in [6, 6.07) is 20.5. The van der Waals surface area contributed by atoms with Crippen LogP contribution >= 0.6 is 0 Å². The van der Waals surface area contributed by atoms with Gasteiger partial charge in [0.2, 0.25) is 0 Å². The Morgan fingerprint density at radius 2 is 1.40 bits per heavy atom. The maximum atomic E-state index is 10.7. The van der Waals surface area contributed by atoms with Gasteiger partial charge in [0, 0.05) is 5.56 Å². The molecule has 2 heteroatoms. The Hall–Kier alpha value is -1.64. The van der Waals surface area contributed by atoms with Gasteiger partial charge >= 0.3 is 0 Å². The van der Waals surface area contributed by atoms with Crippen LogP contribution in [0.1, 0.15) is 24.0 Å². The van der Waals surface area contributed by atoms with Gasteiger partial charge in [-0.2, -0.15) is 0 Å². The lowest BCUT2D eigenvalue weighted by molar-refractivity contribution is -0.950. The molecule has 2 atom stereocenters. The topological polar surface area (TPSA) is 20.2 Å². The monoisotopic (exact) mass is 270 g/mol. The number of hydrogen-bond acceptors (Lipinski definition) is 1. The summed E-state index contributed by atoms with van der Waals surface area (Å²) < 4.78 is 0.556. The quantitative estimate of drug-likeness (QED) is 0.652. The van der Waals surface area contributed by atoms with E-state index in [0.717, 1.165) is 6.54 Å². The zero-order valence-corrected chi connectivity index (χ0v) is 12.5. The Balaban J connectivity index is 2.12. The van der Waals surface area contributed by atoms with Crippen molar-refractivity contribution in [3.05, 3.63) is 71.8 Å². The number of nitrogens with zero attached hydrogens (tertiary/aromatic N) is 1. The second-order valence-corrected chi connectivity index (χ2v) is 6.04. The molecule has 0 spiro atoms. The molecular formula is C18H24NO+.